The lowest BCUT2D eigenvalue weighted by Crippen LogP contribution is -1.93. The van der Waals surface area contributed by atoms with Gasteiger partial charge in [0.2, 0.25) is 6.29 Å². The van der Waals surface area contributed by atoms with Gasteiger partial charge in [-0.3, -0.25) is 4.79 Å². The molecule has 57 valence electrons. The SMILES string of the molecule is Cc1ccc(C)c([C]=O)c1C. The van der Waals surface area contributed by atoms with Gasteiger partial charge in [-0.25, -0.2) is 0 Å². The molecule has 0 heterocycles. The van der Waals surface area contributed by atoms with Crippen LogP contribution in [0.3, 0.4) is 0 Å². The van der Waals surface area contributed by atoms with E-state index >= 15 is 0 Å². The van der Waals surface area contributed by atoms with Gasteiger partial charge >= 0.3 is 0 Å². The van der Waals surface area contributed by atoms with E-state index < -0.39 is 0 Å². The van der Waals surface area contributed by atoms with E-state index in [4.69, 9.17) is 0 Å². The normalized spacial score (nSPS) is 9.73. The molecule has 0 fully saturated rings. The molecule has 0 N–H and O–H groups in total. The minimum Gasteiger partial charge on any atom is -0.285 e. The summed E-state index contributed by atoms with van der Waals surface area (Å²) in [6.07, 6.45) is 1.95. The van der Waals surface area contributed by atoms with E-state index in [1.165, 1.54) is 0 Å². The molecule has 1 aromatic rings. The molecule has 0 saturated heterocycles. The first-order valence-corrected chi connectivity index (χ1v) is 3.61. The first-order chi connectivity index (χ1) is 5.16. The summed E-state index contributed by atoms with van der Waals surface area (Å²) in [4.78, 5) is 10.5. The van der Waals surface area contributed by atoms with Crippen molar-refractivity contribution in [3.8, 4) is 0 Å². The topological polar surface area (TPSA) is 17.1 Å². The Balaban J connectivity index is 3.40. The van der Waals surface area contributed by atoms with Crippen molar-refractivity contribution in [3.05, 3.63) is 34.4 Å². The standard InChI is InChI=1S/C10H11O/c1-7-4-5-8(2)10(6-11)9(7)3/h4-5H,1-3H3. The molecule has 0 aromatic heterocycles. The van der Waals surface area contributed by atoms with Crippen LogP contribution in [-0.2, 0) is 4.79 Å². The quantitative estimate of drug-likeness (QED) is 0.594. The Morgan fingerprint density at radius 2 is 1.64 bits per heavy atom. The van der Waals surface area contributed by atoms with Gasteiger partial charge in [-0.05, 0) is 37.5 Å². The molecular weight excluding hydrogens is 136 g/mol. The van der Waals surface area contributed by atoms with Crippen molar-refractivity contribution in [2.75, 3.05) is 0 Å². The molecule has 0 aliphatic carbocycles. The van der Waals surface area contributed by atoms with Gasteiger partial charge in [0, 0.05) is 5.56 Å². The maximum atomic E-state index is 10.5. The predicted molar refractivity (Wildman–Crippen MR) is 45.4 cm³/mol. The average molecular weight is 147 g/mol. The van der Waals surface area contributed by atoms with Crippen LogP contribution in [0.15, 0.2) is 12.1 Å². The summed E-state index contributed by atoms with van der Waals surface area (Å²) in [7, 11) is 0. The largest absolute Gasteiger partial charge is 0.285 e. The maximum Gasteiger partial charge on any atom is 0.234 e. The Morgan fingerprint density at radius 1 is 1.09 bits per heavy atom. The first-order valence-electron chi connectivity index (χ1n) is 3.61. The van der Waals surface area contributed by atoms with E-state index in [0.29, 0.717) is 5.56 Å². The third-order valence-electron chi connectivity index (χ3n) is 2.05. The Hall–Kier alpha value is -1.11. The molecule has 11 heavy (non-hydrogen) atoms. The molecule has 0 atom stereocenters. The zero-order valence-electron chi connectivity index (χ0n) is 7.06. The Bertz CT molecular complexity index is 287. The lowest BCUT2D eigenvalue weighted by atomic mass is 10.00. The van der Waals surface area contributed by atoms with Gasteiger partial charge in [0.25, 0.3) is 0 Å². The van der Waals surface area contributed by atoms with Crippen LogP contribution in [0.1, 0.15) is 22.3 Å². The fourth-order valence-electron chi connectivity index (χ4n) is 1.11. The van der Waals surface area contributed by atoms with E-state index in [-0.39, 0.29) is 0 Å². The first kappa shape index (κ1) is 7.99. The van der Waals surface area contributed by atoms with Gasteiger partial charge in [0.15, 0.2) is 0 Å². The molecule has 0 saturated carbocycles. The van der Waals surface area contributed by atoms with Gasteiger partial charge in [-0.15, -0.1) is 0 Å². The molecule has 0 aliphatic rings. The smallest absolute Gasteiger partial charge is 0.234 e. The van der Waals surface area contributed by atoms with E-state index in [9.17, 15) is 4.79 Å². The molecule has 1 nitrogen and oxygen atoms in total. The minimum atomic E-state index is 0.713. The van der Waals surface area contributed by atoms with Crippen molar-refractivity contribution in [1.29, 1.82) is 0 Å². The zero-order valence-corrected chi connectivity index (χ0v) is 7.06. The molecule has 1 heteroatoms. The summed E-state index contributed by atoms with van der Waals surface area (Å²) < 4.78 is 0. The van der Waals surface area contributed by atoms with Gasteiger partial charge in [-0.1, -0.05) is 12.1 Å². The van der Waals surface area contributed by atoms with E-state index in [1.54, 1.807) is 0 Å². The van der Waals surface area contributed by atoms with Crippen molar-refractivity contribution in [1.82, 2.24) is 0 Å². The number of benzene rings is 1. The summed E-state index contributed by atoms with van der Waals surface area (Å²) in [5, 5.41) is 0. The van der Waals surface area contributed by atoms with Crippen LogP contribution >= 0.6 is 0 Å². The lowest BCUT2D eigenvalue weighted by Gasteiger charge is -2.04. The highest BCUT2D eigenvalue weighted by molar-refractivity contribution is 5.80. The second-order valence-electron chi connectivity index (χ2n) is 2.80. The van der Waals surface area contributed by atoms with E-state index in [2.05, 4.69) is 0 Å². The number of carbonyl (C=O) groups excluding carboxylic acids is 1. The highest BCUT2D eigenvalue weighted by atomic mass is 16.1. The van der Waals surface area contributed by atoms with Gasteiger partial charge in [0.1, 0.15) is 0 Å². The van der Waals surface area contributed by atoms with Crippen molar-refractivity contribution in [2.24, 2.45) is 0 Å². The van der Waals surface area contributed by atoms with Gasteiger partial charge in [0.05, 0.1) is 0 Å². The molecule has 0 amide bonds. The molecule has 1 rings (SSSR count). The monoisotopic (exact) mass is 147 g/mol. The molecule has 1 radical (unpaired) electrons. The van der Waals surface area contributed by atoms with Crippen molar-refractivity contribution < 1.29 is 4.79 Å². The fourth-order valence-corrected chi connectivity index (χ4v) is 1.11. The number of rotatable bonds is 1. The van der Waals surface area contributed by atoms with E-state index in [1.807, 2.05) is 39.2 Å². The van der Waals surface area contributed by atoms with Crippen LogP contribution in [0.5, 0.6) is 0 Å². The molecule has 0 spiro atoms. The van der Waals surface area contributed by atoms with Gasteiger partial charge < -0.3 is 0 Å². The zero-order chi connectivity index (χ0) is 8.43. The highest BCUT2D eigenvalue weighted by Gasteiger charge is 2.03. The van der Waals surface area contributed by atoms with Crippen LogP contribution in [0.25, 0.3) is 0 Å². The van der Waals surface area contributed by atoms with Crippen LogP contribution in [-0.4, -0.2) is 6.29 Å². The second-order valence-corrected chi connectivity index (χ2v) is 2.80. The van der Waals surface area contributed by atoms with Crippen LogP contribution < -0.4 is 0 Å². The van der Waals surface area contributed by atoms with Crippen molar-refractivity contribution >= 4 is 6.29 Å². The Morgan fingerprint density at radius 3 is 2.09 bits per heavy atom. The van der Waals surface area contributed by atoms with Crippen LogP contribution in [0, 0.1) is 20.8 Å². The average Bonchev–Trinajstić information content (AvgIpc) is 1.99. The summed E-state index contributed by atoms with van der Waals surface area (Å²) in [6, 6.07) is 3.97. The second kappa shape index (κ2) is 2.87. The summed E-state index contributed by atoms with van der Waals surface area (Å²) in [5.41, 5.74) is 3.90. The summed E-state index contributed by atoms with van der Waals surface area (Å²) >= 11 is 0. The molecule has 0 unspecified atom stereocenters. The highest BCUT2D eigenvalue weighted by Crippen LogP contribution is 2.14. The van der Waals surface area contributed by atoms with Crippen LogP contribution in [0.4, 0.5) is 0 Å². The van der Waals surface area contributed by atoms with Crippen molar-refractivity contribution in [3.63, 3.8) is 0 Å². The number of aryl methyl sites for hydroxylation is 2. The number of hydrogen-bond donors (Lipinski definition) is 0. The van der Waals surface area contributed by atoms with Gasteiger partial charge in [-0.2, -0.15) is 0 Å². The summed E-state index contributed by atoms with van der Waals surface area (Å²) in [5.74, 6) is 0. The number of hydrogen-bond acceptors (Lipinski definition) is 1. The van der Waals surface area contributed by atoms with Crippen LogP contribution in [0.2, 0.25) is 0 Å². The third-order valence-corrected chi connectivity index (χ3v) is 2.05. The molecule has 0 aliphatic heterocycles. The maximum absolute atomic E-state index is 10.5. The lowest BCUT2D eigenvalue weighted by molar-refractivity contribution is 0.562. The van der Waals surface area contributed by atoms with Crippen molar-refractivity contribution in [2.45, 2.75) is 20.8 Å². The fraction of sp³-hybridized carbons (Fsp3) is 0.300. The summed E-state index contributed by atoms with van der Waals surface area (Å²) in [6.45, 7) is 5.87. The molecule has 0 bridgehead atoms. The predicted octanol–water partition coefficient (Wildman–Crippen LogP) is 2.07. The minimum absolute atomic E-state index is 0.713. The molecule has 1 aromatic carbocycles. The van der Waals surface area contributed by atoms with E-state index in [0.717, 1.165) is 16.7 Å². The third kappa shape index (κ3) is 1.32. The Kier molecular flexibility index (Phi) is 2.08. The Labute approximate surface area is 67.1 Å². The molecular formula is C10H11O.